The Morgan fingerprint density at radius 2 is 2.00 bits per heavy atom. The molecule has 0 amide bonds. The highest BCUT2D eigenvalue weighted by atomic mass is 19.4. The summed E-state index contributed by atoms with van der Waals surface area (Å²) < 4.78 is 49.1. The average Bonchev–Trinajstić information content (AvgIpc) is 2.19. The molecule has 7 heteroatoms. The Hall–Kier alpha value is -1.50. The molecule has 1 unspecified atom stereocenters. The molecule has 96 valence electrons. The van der Waals surface area contributed by atoms with E-state index in [1.807, 2.05) is 0 Å². The molecule has 0 radical (unpaired) electrons. The maximum atomic E-state index is 13.0. The molecule has 0 bridgehead atoms. The maximum Gasteiger partial charge on any atom is 0.416 e. The van der Waals surface area contributed by atoms with Crippen molar-refractivity contribution >= 4 is 11.4 Å². The Labute approximate surface area is 95.2 Å². The second-order valence-electron chi connectivity index (χ2n) is 3.63. The van der Waals surface area contributed by atoms with Crippen LogP contribution in [0.1, 0.15) is 5.56 Å². The van der Waals surface area contributed by atoms with Gasteiger partial charge in [0.05, 0.1) is 11.4 Å². The number of hydrogen-bond acceptors (Lipinski definition) is 3. The summed E-state index contributed by atoms with van der Waals surface area (Å²) in [6.07, 6.45) is -7.19. The van der Waals surface area contributed by atoms with E-state index in [1.165, 1.54) is 13.0 Å². The lowest BCUT2D eigenvalue weighted by atomic mass is 10.1. The van der Waals surface area contributed by atoms with Crippen molar-refractivity contribution in [2.45, 2.75) is 19.2 Å². The summed E-state index contributed by atoms with van der Waals surface area (Å²) in [5, 5.41) is 11.1. The monoisotopic (exact) mass is 252 g/mol. The van der Waals surface area contributed by atoms with E-state index in [0.717, 1.165) is 6.07 Å². The maximum absolute atomic E-state index is 13.0. The smallest absolute Gasteiger partial charge is 0.397 e. The number of nitrogen functional groups attached to an aromatic ring is 1. The summed E-state index contributed by atoms with van der Waals surface area (Å²) in [4.78, 5) is 0. The van der Waals surface area contributed by atoms with E-state index < -0.39 is 24.6 Å². The molecule has 0 aliphatic carbocycles. The zero-order chi connectivity index (χ0) is 13.2. The zero-order valence-electron chi connectivity index (χ0n) is 8.98. The number of anilines is 2. The minimum absolute atomic E-state index is 0.0116. The van der Waals surface area contributed by atoms with Gasteiger partial charge in [-0.3, -0.25) is 0 Å². The van der Waals surface area contributed by atoms with Gasteiger partial charge in [-0.1, -0.05) is 0 Å². The van der Waals surface area contributed by atoms with E-state index in [0.29, 0.717) is 0 Å². The molecule has 1 atom stereocenters. The number of nitrogens with two attached hydrogens (primary N) is 1. The van der Waals surface area contributed by atoms with E-state index in [4.69, 9.17) is 10.8 Å². The quantitative estimate of drug-likeness (QED) is 0.570. The first-order chi connectivity index (χ1) is 7.71. The highest BCUT2D eigenvalue weighted by Crippen LogP contribution is 2.24. The molecule has 0 aromatic heterocycles. The molecule has 1 aromatic rings. The van der Waals surface area contributed by atoms with Crippen molar-refractivity contribution in [2.24, 2.45) is 0 Å². The standard InChI is InChI=1S/C10H12F4N2O/c1-5-2-8(7(15)3-6(5)11)16-4-9(17)10(12,13)14/h2-3,9,16-17H,4,15H2,1H3. The highest BCUT2D eigenvalue weighted by molar-refractivity contribution is 5.67. The Kier molecular flexibility index (Phi) is 3.82. The molecule has 0 aliphatic rings. The van der Waals surface area contributed by atoms with E-state index >= 15 is 0 Å². The second kappa shape index (κ2) is 4.79. The summed E-state index contributed by atoms with van der Waals surface area (Å²) in [5.74, 6) is -0.538. The van der Waals surface area contributed by atoms with E-state index in [9.17, 15) is 17.6 Å². The van der Waals surface area contributed by atoms with Gasteiger partial charge in [0.15, 0.2) is 6.10 Å². The molecule has 0 spiro atoms. The molecule has 3 nitrogen and oxygen atoms in total. The van der Waals surface area contributed by atoms with Gasteiger partial charge in [-0.05, 0) is 24.6 Å². The van der Waals surface area contributed by atoms with Crippen LogP contribution in [0.5, 0.6) is 0 Å². The van der Waals surface area contributed by atoms with Gasteiger partial charge < -0.3 is 16.2 Å². The first kappa shape index (κ1) is 13.6. The van der Waals surface area contributed by atoms with Gasteiger partial charge in [0.25, 0.3) is 0 Å². The number of aryl methyl sites for hydroxylation is 1. The molecule has 0 saturated heterocycles. The number of rotatable bonds is 3. The minimum atomic E-state index is -4.70. The number of aliphatic hydroxyl groups excluding tert-OH is 1. The molecule has 0 heterocycles. The lowest BCUT2D eigenvalue weighted by Gasteiger charge is -2.17. The summed E-state index contributed by atoms with van der Waals surface area (Å²) in [6.45, 7) is 0.721. The van der Waals surface area contributed by atoms with Crippen LogP contribution in [-0.2, 0) is 0 Å². The van der Waals surface area contributed by atoms with Crippen molar-refractivity contribution in [3.8, 4) is 0 Å². The normalized spacial score (nSPS) is 13.5. The van der Waals surface area contributed by atoms with Crippen LogP contribution in [0, 0.1) is 12.7 Å². The highest BCUT2D eigenvalue weighted by Gasteiger charge is 2.37. The number of benzene rings is 1. The molecular formula is C10H12F4N2O. The molecular weight excluding hydrogens is 240 g/mol. The van der Waals surface area contributed by atoms with E-state index in [-0.39, 0.29) is 16.9 Å². The van der Waals surface area contributed by atoms with Crippen molar-refractivity contribution in [3.63, 3.8) is 0 Å². The Morgan fingerprint density at radius 3 is 2.53 bits per heavy atom. The third-order valence-corrected chi connectivity index (χ3v) is 2.19. The fourth-order valence-corrected chi connectivity index (χ4v) is 1.17. The summed E-state index contributed by atoms with van der Waals surface area (Å²) >= 11 is 0. The molecule has 4 N–H and O–H groups in total. The van der Waals surface area contributed by atoms with Gasteiger partial charge in [-0.25, -0.2) is 4.39 Å². The first-order valence-corrected chi connectivity index (χ1v) is 4.76. The number of aliphatic hydroxyl groups is 1. The van der Waals surface area contributed by atoms with Crippen molar-refractivity contribution in [1.29, 1.82) is 0 Å². The summed E-state index contributed by atoms with van der Waals surface area (Å²) in [5.41, 5.74) is 5.82. The minimum Gasteiger partial charge on any atom is -0.397 e. The molecule has 17 heavy (non-hydrogen) atoms. The number of hydrogen-bond donors (Lipinski definition) is 3. The molecule has 1 rings (SSSR count). The Morgan fingerprint density at radius 1 is 1.41 bits per heavy atom. The van der Waals surface area contributed by atoms with Crippen LogP contribution in [0.25, 0.3) is 0 Å². The average molecular weight is 252 g/mol. The number of halogens is 4. The Bertz CT molecular complexity index is 406. The van der Waals surface area contributed by atoms with Gasteiger partial charge >= 0.3 is 6.18 Å². The fourth-order valence-electron chi connectivity index (χ4n) is 1.17. The summed E-state index contributed by atoms with van der Waals surface area (Å²) in [7, 11) is 0. The van der Waals surface area contributed by atoms with Gasteiger partial charge in [0, 0.05) is 6.54 Å². The van der Waals surface area contributed by atoms with Gasteiger partial charge in [0.1, 0.15) is 5.82 Å². The lowest BCUT2D eigenvalue weighted by Crippen LogP contribution is -2.35. The first-order valence-electron chi connectivity index (χ1n) is 4.76. The van der Waals surface area contributed by atoms with Crippen LogP contribution < -0.4 is 11.1 Å². The third kappa shape index (κ3) is 3.48. The fraction of sp³-hybridized carbons (Fsp3) is 0.400. The summed E-state index contributed by atoms with van der Waals surface area (Å²) in [6, 6.07) is 2.30. The van der Waals surface area contributed by atoms with Crippen molar-refractivity contribution in [3.05, 3.63) is 23.5 Å². The number of alkyl halides is 3. The van der Waals surface area contributed by atoms with Crippen LogP contribution in [0.2, 0.25) is 0 Å². The molecule has 0 aliphatic heterocycles. The van der Waals surface area contributed by atoms with Crippen LogP contribution >= 0.6 is 0 Å². The SMILES string of the molecule is Cc1cc(NCC(O)C(F)(F)F)c(N)cc1F. The predicted octanol–water partition coefficient (Wildman–Crippen LogP) is 2.05. The lowest BCUT2D eigenvalue weighted by molar-refractivity contribution is -0.198. The van der Waals surface area contributed by atoms with Gasteiger partial charge in [0.2, 0.25) is 0 Å². The van der Waals surface area contributed by atoms with Crippen LogP contribution in [0.15, 0.2) is 12.1 Å². The van der Waals surface area contributed by atoms with Crippen molar-refractivity contribution < 1.29 is 22.7 Å². The topological polar surface area (TPSA) is 58.3 Å². The van der Waals surface area contributed by atoms with Crippen molar-refractivity contribution in [2.75, 3.05) is 17.6 Å². The van der Waals surface area contributed by atoms with Crippen LogP contribution in [0.3, 0.4) is 0 Å². The van der Waals surface area contributed by atoms with E-state index in [1.54, 1.807) is 0 Å². The number of nitrogens with one attached hydrogen (secondary N) is 1. The predicted molar refractivity (Wildman–Crippen MR) is 56.1 cm³/mol. The van der Waals surface area contributed by atoms with Crippen molar-refractivity contribution in [1.82, 2.24) is 0 Å². The largest absolute Gasteiger partial charge is 0.416 e. The van der Waals surface area contributed by atoms with Crippen LogP contribution in [-0.4, -0.2) is 23.9 Å². The van der Waals surface area contributed by atoms with Crippen LogP contribution in [0.4, 0.5) is 28.9 Å². The second-order valence-corrected chi connectivity index (χ2v) is 3.63. The zero-order valence-corrected chi connectivity index (χ0v) is 8.98. The van der Waals surface area contributed by atoms with E-state index in [2.05, 4.69) is 5.32 Å². The van der Waals surface area contributed by atoms with Gasteiger partial charge in [-0.2, -0.15) is 13.2 Å². The molecule has 0 fully saturated rings. The van der Waals surface area contributed by atoms with Gasteiger partial charge in [-0.15, -0.1) is 0 Å². The Balaban J connectivity index is 2.73. The third-order valence-electron chi connectivity index (χ3n) is 2.19. The molecule has 1 aromatic carbocycles. The molecule has 0 saturated carbocycles.